The fourth-order valence-corrected chi connectivity index (χ4v) is 3.12. The van der Waals surface area contributed by atoms with Crippen LogP contribution in [-0.4, -0.2) is 4.98 Å². The van der Waals surface area contributed by atoms with Crippen LogP contribution in [-0.2, 0) is 0 Å². The summed E-state index contributed by atoms with van der Waals surface area (Å²) in [6, 6.07) is -16.1. The highest BCUT2D eigenvalue weighted by Crippen LogP contribution is 2.35. The van der Waals surface area contributed by atoms with E-state index in [1.165, 1.54) is 0 Å². The van der Waals surface area contributed by atoms with E-state index in [4.69, 9.17) is 23.3 Å². The SMILES string of the molecule is [2H]c1c([2H])c([2H])c(-c2c([2H])c(-c3c([2H])c([2H])c([2H])c([2H])c3[2H])c([2H])c(-c3c([2H])c([2H])c4[nH]c5c([2H])c([2H])c([2H])c([2H])c5c4c3[2H])c2[2H])c([2H])c1[2H]. The van der Waals surface area contributed by atoms with Crippen molar-refractivity contribution in [3.8, 4) is 33.4 Å². The molecule has 0 aliphatic rings. The van der Waals surface area contributed by atoms with E-state index in [2.05, 4.69) is 4.98 Å². The second-order valence-electron chi connectivity index (χ2n) is 6.38. The zero-order valence-electron chi connectivity index (χ0n) is 35.5. The fourth-order valence-electron chi connectivity index (χ4n) is 3.12. The number of aromatic amines is 1. The Morgan fingerprint density at radius 2 is 0.903 bits per heavy atom. The fraction of sp³-hybridized carbons (Fsp3) is 0. The number of rotatable bonds is 3. The molecule has 0 saturated heterocycles. The quantitative estimate of drug-likeness (QED) is 0.299. The van der Waals surface area contributed by atoms with Crippen molar-refractivity contribution in [2.45, 2.75) is 0 Å². The van der Waals surface area contributed by atoms with Crippen molar-refractivity contribution in [2.24, 2.45) is 0 Å². The highest BCUT2D eigenvalue weighted by Gasteiger charge is 2.10. The summed E-state index contributed by atoms with van der Waals surface area (Å²) >= 11 is 0. The lowest BCUT2D eigenvalue weighted by atomic mass is 9.93. The van der Waals surface area contributed by atoms with Crippen LogP contribution in [0.5, 0.6) is 0 Å². The molecule has 1 heteroatoms. The normalized spacial score (nSPS) is 20.3. The Bertz CT molecular complexity index is 2430. The molecule has 1 N–H and O–H groups in total. The van der Waals surface area contributed by atoms with Crippen molar-refractivity contribution in [3.63, 3.8) is 0 Å². The first-order valence-electron chi connectivity index (χ1n) is 19.0. The minimum Gasteiger partial charge on any atom is -0.355 e. The first kappa shape index (κ1) is 6.70. The maximum atomic E-state index is 9.28. The van der Waals surface area contributed by atoms with E-state index in [-0.39, 0.29) is 21.8 Å². The average Bonchev–Trinajstić information content (AvgIpc) is 3.51. The monoisotopic (exact) mass is 415 g/mol. The molecule has 0 aliphatic carbocycles. The summed E-state index contributed by atoms with van der Waals surface area (Å²) in [5.74, 6) is 0. The Balaban J connectivity index is 1.93. The molecule has 0 unspecified atom stereocenters. The number of aromatic nitrogens is 1. The smallest absolute Gasteiger partial charge is 0.0645 e. The summed E-state index contributed by atoms with van der Waals surface area (Å²) in [7, 11) is 0. The molecule has 1 aromatic heterocycles. The van der Waals surface area contributed by atoms with Crippen molar-refractivity contribution >= 4 is 21.8 Å². The molecule has 6 aromatic rings. The lowest BCUT2D eigenvalue weighted by Crippen LogP contribution is -1.86. The largest absolute Gasteiger partial charge is 0.355 e. The van der Waals surface area contributed by atoms with E-state index < -0.39 is 154 Å². The number of H-pyrrole nitrogens is 1. The van der Waals surface area contributed by atoms with E-state index in [9.17, 15) is 4.11 Å². The van der Waals surface area contributed by atoms with Crippen LogP contribution in [0.2, 0.25) is 0 Å². The zero-order chi connectivity index (χ0) is 38.0. The third-order valence-electron chi connectivity index (χ3n) is 4.50. The van der Waals surface area contributed by atoms with E-state index in [0.29, 0.717) is 0 Å². The number of para-hydroxylation sites is 1. The zero-order valence-corrected chi connectivity index (χ0v) is 15.5. The molecule has 0 radical (unpaired) electrons. The predicted molar refractivity (Wildman–Crippen MR) is 132 cm³/mol. The van der Waals surface area contributed by atoms with E-state index >= 15 is 0 Å². The molecule has 0 spiro atoms. The molecule has 5 aromatic carbocycles. The van der Waals surface area contributed by atoms with Gasteiger partial charge in [0.2, 0.25) is 0 Å². The van der Waals surface area contributed by atoms with Gasteiger partial charge in [-0.05, 0) is 69.6 Å². The minimum absolute atomic E-state index is 0.201. The Labute approximate surface area is 209 Å². The van der Waals surface area contributed by atoms with Gasteiger partial charge in [-0.3, -0.25) is 0 Å². The second-order valence-corrected chi connectivity index (χ2v) is 6.38. The number of nitrogens with one attached hydrogen (secondary N) is 1. The topological polar surface area (TPSA) is 15.8 Å². The molecule has 6 rings (SSSR count). The van der Waals surface area contributed by atoms with E-state index in [1.807, 2.05) is 0 Å². The van der Waals surface area contributed by atoms with Crippen LogP contribution >= 0.6 is 0 Å². The molecule has 146 valence electrons. The van der Waals surface area contributed by atoms with E-state index in [0.717, 1.165) is 0 Å². The first-order chi connectivity index (χ1) is 23.7. The number of fused-ring (bicyclic) bond motifs is 3. The van der Waals surface area contributed by atoms with Crippen molar-refractivity contribution in [3.05, 3.63) is 121 Å². The molecule has 0 aliphatic heterocycles. The van der Waals surface area contributed by atoms with Gasteiger partial charge in [0.15, 0.2) is 0 Å². The van der Waals surface area contributed by atoms with Crippen molar-refractivity contribution in [1.82, 2.24) is 4.98 Å². The van der Waals surface area contributed by atoms with Crippen LogP contribution in [0.25, 0.3) is 55.2 Å². The summed E-state index contributed by atoms with van der Waals surface area (Å²) in [6.07, 6.45) is 0. The predicted octanol–water partition coefficient (Wildman–Crippen LogP) is 8.32. The molecule has 1 heterocycles. The van der Waals surface area contributed by atoms with Crippen LogP contribution in [0.1, 0.15) is 27.4 Å². The number of benzene rings is 5. The minimum atomic E-state index is -0.933. The van der Waals surface area contributed by atoms with Gasteiger partial charge in [0.25, 0.3) is 0 Å². The maximum absolute atomic E-state index is 9.28. The molecule has 0 atom stereocenters. The Morgan fingerprint density at radius 3 is 1.55 bits per heavy atom. The Hall–Kier alpha value is -4.10. The first-order valence-corrected chi connectivity index (χ1v) is 9.00. The van der Waals surface area contributed by atoms with Gasteiger partial charge in [-0.25, -0.2) is 0 Å². The van der Waals surface area contributed by atoms with E-state index in [1.54, 1.807) is 0 Å². The van der Waals surface area contributed by atoms with Crippen LogP contribution in [0.15, 0.2) is 121 Å². The van der Waals surface area contributed by atoms with Crippen molar-refractivity contribution in [1.29, 1.82) is 0 Å². The summed E-state index contributed by atoms with van der Waals surface area (Å²) in [5.41, 5.74) is -4.82. The van der Waals surface area contributed by atoms with Crippen LogP contribution in [0.4, 0.5) is 0 Å². The summed E-state index contributed by atoms with van der Waals surface area (Å²) in [6.45, 7) is 0. The number of hydrogen-bond donors (Lipinski definition) is 1. The molecular formula is C30H21N. The Kier molecular flexibility index (Phi) is 1.58. The molecular weight excluding hydrogens is 374 g/mol. The average molecular weight is 416 g/mol. The molecule has 1 nitrogen and oxygen atoms in total. The highest BCUT2D eigenvalue weighted by molar-refractivity contribution is 6.08. The van der Waals surface area contributed by atoms with Crippen molar-refractivity contribution in [2.75, 3.05) is 0 Å². The summed E-state index contributed by atoms with van der Waals surface area (Å²) in [4.78, 5) is 2.68. The van der Waals surface area contributed by atoms with Gasteiger partial charge in [0.05, 0.1) is 27.4 Å². The third kappa shape index (κ3) is 3.21. The molecule has 0 amide bonds. The Morgan fingerprint density at radius 1 is 0.387 bits per heavy atom. The maximum Gasteiger partial charge on any atom is 0.0645 e. The lowest BCUT2D eigenvalue weighted by Gasteiger charge is -2.11. The molecule has 0 fully saturated rings. The third-order valence-corrected chi connectivity index (χ3v) is 4.50. The van der Waals surface area contributed by atoms with Gasteiger partial charge in [-0.2, -0.15) is 0 Å². The summed E-state index contributed by atoms with van der Waals surface area (Å²) in [5, 5.41) is -0.543. The molecule has 31 heavy (non-hydrogen) atoms. The highest BCUT2D eigenvalue weighted by atomic mass is 14.7. The molecule has 0 bridgehead atoms. The van der Waals surface area contributed by atoms with Crippen molar-refractivity contribution < 1.29 is 27.4 Å². The second kappa shape index (κ2) is 7.30. The van der Waals surface area contributed by atoms with Gasteiger partial charge >= 0.3 is 0 Å². The van der Waals surface area contributed by atoms with Gasteiger partial charge in [0, 0.05) is 21.8 Å². The van der Waals surface area contributed by atoms with Crippen LogP contribution < -0.4 is 0 Å². The lowest BCUT2D eigenvalue weighted by molar-refractivity contribution is 1.54. The number of hydrogen-bond acceptors (Lipinski definition) is 0. The molecule has 0 saturated carbocycles. The van der Waals surface area contributed by atoms with Gasteiger partial charge in [-0.15, -0.1) is 0 Å². The van der Waals surface area contributed by atoms with Gasteiger partial charge in [0.1, 0.15) is 0 Å². The van der Waals surface area contributed by atoms with Crippen LogP contribution in [0, 0.1) is 0 Å². The van der Waals surface area contributed by atoms with Gasteiger partial charge < -0.3 is 4.98 Å². The summed E-state index contributed by atoms with van der Waals surface area (Å²) < 4.78 is 171. The standard InChI is InChI=1S/C30H21N/c1-3-9-21(10-4-1)24-17-25(22-11-5-2-6-12-22)19-26(18-24)23-15-16-30-28(20-23)27-13-7-8-14-29(27)31-30/h1-20,31H/i1D,2D,3D,4D,5D,6D,7D,8D,9D,10D,11D,12D,13D,14D,15D,16D,17D,18D,19D,20D. The van der Waals surface area contributed by atoms with Gasteiger partial charge in [-0.1, -0.05) is 84.6 Å². The van der Waals surface area contributed by atoms with Crippen LogP contribution in [0.3, 0.4) is 0 Å².